The Morgan fingerprint density at radius 2 is 0.827 bits per heavy atom. The molecule has 0 atom stereocenters. The molecule has 0 amide bonds. The van der Waals surface area contributed by atoms with Crippen LogP contribution in [-0.2, 0) is 0 Å². The molecule has 4 heteroatoms. The van der Waals surface area contributed by atoms with Gasteiger partial charge in [0.05, 0.1) is 0 Å². The Bertz CT molecular complexity index is 3030. The van der Waals surface area contributed by atoms with Crippen molar-refractivity contribution in [1.29, 1.82) is 0 Å². The topological polar surface area (TPSA) is 10.9 Å². The van der Waals surface area contributed by atoms with Gasteiger partial charge in [-0.3, -0.25) is 0 Å². The summed E-state index contributed by atoms with van der Waals surface area (Å²) in [5, 5.41) is 8.03. The fourth-order valence-corrected chi connectivity index (χ4v) is 10.8. The normalized spacial score (nSPS) is 11.8. The van der Waals surface area contributed by atoms with Gasteiger partial charge >= 0.3 is 308 Å². The fraction of sp³-hybridized carbons (Fsp3) is 0. The first kappa shape index (κ1) is 29.4. The molecule has 0 radical (unpaired) electrons. The Morgan fingerprint density at radius 3 is 1.50 bits per heavy atom. The van der Waals surface area contributed by atoms with E-state index >= 15 is 0 Å². The van der Waals surface area contributed by atoms with Crippen LogP contribution in [0, 0.1) is 0 Å². The zero-order valence-corrected chi connectivity index (χ0v) is 29.9. The van der Waals surface area contributed by atoms with E-state index in [1.807, 2.05) is 0 Å². The molecule has 0 aliphatic carbocycles. The first-order valence-corrected chi connectivity index (χ1v) is 19.4. The number of fused-ring (bicyclic) bond motifs is 5. The second-order valence-electron chi connectivity index (χ2n) is 13.4. The molecule has 0 unspecified atom stereocenters. The summed E-state index contributed by atoms with van der Waals surface area (Å²) >= 11 is 0.168. The van der Waals surface area contributed by atoms with Crippen LogP contribution in [0.1, 0.15) is 0 Å². The van der Waals surface area contributed by atoms with E-state index in [4.69, 9.17) is 0 Å². The van der Waals surface area contributed by atoms with E-state index in [0.29, 0.717) is 0 Å². The monoisotopic (exact) mass is 729 g/mol. The van der Waals surface area contributed by atoms with E-state index in [-0.39, 0.29) is 14.5 Å². The molecule has 52 heavy (non-hydrogen) atoms. The third-order valence-electron chi connectivity index (χ3n) is 10.4. The average molecular weight is 729 g/mol. The van der Waals surface area contributed by atoms with Gasteiger partial charge in [-0.05, 0) is 0 Å². The standard InChI is InChI=1S/C48H31N3Se/c1-4-15-32(16-5-1)49(33-17-6-2-7-18-33)35-21-12-22-36(29-35)50(34-19-8-3-9-20-34)37-30-43-47-45(31-37)52-44-28-14-24-39(46(44)47)41-26-13-25-40-38-23-10-11-27-42(38)51(43)48(40)41/h1-31H. The molecule has 11 aromatic rings. The van der Waals surface area contributed by atoms with Crippen LogP contribution < -0.4 is 9.80 Å². The summed E-state index contributed by atoms with van der Waals surface area (Å²) in [6.07, 6.45) is 0. The molecule has 0 spiro atoms. The van der Waals surface area contributed by atoms with Crippen molar-refractivity contribution in [2.24, 2.45) is 0 Å². The van der Waals surface area contributed by atoms with Crippen molar-refractivity contribution < 1.29 is 0 Å². The molecule has 8 aromatic carbocycles. The molecule has 0 aliphatic rings. The zero-order chi connectivity index (χ0) is 34.2. The molecule has 3 aromatic heterocycles. The van der Waals surface area contributed by atoms with Gasteiger partial charge in [-0.2, -0.15) is 0 Å². The summed E-state index contributed by atoms with van der Waals surface area (Å²) in [7, 11) is 0. The minimum atomic E-state index is 0.168. The van der Waals surface area contributed by atoms with Crippen LogP contribution in [0.2, 0.25) is 0 Å². The van der Waals surface area contributed by atoms with Crippen molar-refractivity contribution in [1.82, 2.24) is 4.40 Å². The van der Waals surface area contributed by atoms with E-state index < -0.39 is 0 Å². The molecule has 0 bridgehead atoms. The average Bonchev–Trinajstić information content (AvgIpc) is 3.71. The van der Waals surface area contributed by atoms with Gasteiger partial charge in [0.2, 0.25) is 0 Å². The summed E-state index contributed by atoms with van der Waals surface area (Å²) in [6, 6.07) is 68.7. The molecule has 0 N–H and O–H groups in total. The van der Waals surface area contributed by atoms with Gasteiger partial charge in [-0.15, -0.1) is 0 Å². The van der Waals surface area contributed by atoms with Gasteiger partial charge in [0.25, 0.3) is 0 Å². The maximum absolute atomic E-state index is 2.56. The fourth-order valence-electron chi connectivity index (χ4n) is 8.32. The van der Waals surface area contributed by atoms with Crippen molar-refractivity contribution in [3.05, 3.63) is 188 Å². The third kappa shape index (κ3) is 4.39. The summed E-state index contributed by atoms with van der Waals surface area (Å²) < 4.78 is 5.44. The van der Waals surface area contributed by atoms with E-state index in [1.165, 1.54) is 57.4 Å². The minimum absolute atomic E-state index is 0.168. The Hall–Kier alpha value is -6.32. The molecule has 244 valence electrons. The van der Waals surface area contributed by atoms with Crippen LogP contribution >= 0.6 is 0 Å². The van der Waals surface area contributed by atoms with Gasteiger partial charge in [0.15, 0.2) is 0 Å². The Kier molecular flexibility index (Phi) is 6.57. The van der Waals surface area contributed by atoms with Crippen molar-refractivity contribution in [3.8, 4) is 0 Å². The molecule has 0 fully saturated rings. The SMILES string of the molecule is c1ccc(N(c2ccccc2)c2cccc(N(c3ccccc3)c3cc4[se]c5cccc6c7cccc8c9ccccc9n(c(c3)c4c56)c78)c2)cc1. The Balaban J connectivity index is 1.23. The summed E-state index contributed by atoms with van der Waals surface area (Å²) in [5.74, 6) is 0. The van der Waals surface area contributed by atoms with Crippen LogP contribution in [0.3, 0.4) is 0 Å². The summed E-state index contributed by atoms with van der Waals surface area (Å²) in [5.41, 5.74) is 10.5. The number of benzene rings is 8. The quantitative estimate of drug-likeness (QED) is 0.158. The van der Waals surface area contributed by atoms with Gasteiger partial charge in [0, 0.05) is 0 Å². The van der Waals surface area contributed by atoms with E-state index in [2.05, 4.69) is 202 Å². The number of nitrogens with zero attached hydrogens (tertiary/aromatic N) is 3. The molecule has 3 nitrogen and oxygen atoms in total. The number of aromatic nitrogens is 1. The first-order valence-electron chi connectivity index (χ1n) is 17.7. The van der Waals surface area contributed by atoms with Crippen molar-refractivity contribution in [3.63, 3.8) is 0 Å². The Labute approximate surface area is 306 Å². The predicted octanol–water partition coefficient (Wildman–Crippen LogP) is 13.1. The van der Waals surface area contributed by atoms with Gasteiger partial charge < -0.3 is 0 Å². The first-order chi connectivity index (χ1) is 25.8. The molecule has 3 heterocycles. The zero-order valence-electron chi connectivity index (χ0n) is 28.1. The number of rotatable bonds is 6. The molecule has 0 saturated heterocycles. The van der Waals surface area contributed by atoms with Crippen molar-refractivity contribution >= 4 is 106 Å². The predicted molar refractivity (Wildman–Crippen MR) is 222 cm³/mol. The van der Waals surface area contributed by atoms with E-state index in [0.717, 1.165) is 34.1 Å². The molecular weight excluding hydrogens is 698 g/mol. The van der Waals surface area contributed by atoms with E-state index in [9.17, 15) is 0 Å². The maximum atomic E-state index is 2.56. The van der Waals surface area contributed by atoms with Crippen LogP contribution in [-0.4, -0.2) is 18.9 Å². The van der Waals surface area contributed by atoms with Gasteiger partial charge in [-0.25, -0.2) is 0 Å². The molecule has 11 rings (SSSR count). The summed E-state index contributed by atoms with van der Waals surface area (Å²) in [6.45, 7) is 0. The van der Waals surface area contributed by atoms with Gasteiger partial charge in [-0.1, -0.05) is 0 Å². The molecule has 0 aliphatic heterocycles. The third-order valence-corrected chi connectivity index (χ3v) is 12.7. The number of hydrogen-bond donors (Lipinski definition) is 0. The number of anilines is 6. The number of para-hydroxylation sites is 5. The molecular formula is C48H31N3Se. The number of hydrogen-bond acceptors (Lipinski definition) is 2. The van der Waals surface area contributed by atoms with Crippen LogP contribution in [0.5, 0.6) is 0 Å². The summed E-state index contributed by atoms with van der Waals surface area (Å²) in [4.78, 5) is 4.78. The second-order valence-corrected chi connectivity index (χ2v) is 15.6. The second kappa shape index (κ2) is 11.6. The Morgan fingerprint density at radius 1 is 0.327 bits per heavy atom. The molecule has 0 saturated carbocycles. The van der Waals surface area contributed by atoms with Crippen LogP contribution in [0.15, 0.2) is 188 Å². The van der Waals surface area contributed by atoms with Crippen LogP contribution in [0.25, 0.3) is 57.4 Å². The van der Waals surface area contributed by atoms with Gasteiger partial charge in [0.1, 0.15) is 0 Å². The van der Waals surface area contributed by atoms with Crippen molar-refractivity contribution in [2.45, 2.75) is 0 Å². The van der Waals surface area contributed by atoms with Crippen LogP contribution in [0.4, 0.5) is 34.1 Å². The van der Waals surface area contributed by atoms with Crippen molar-refractivity contribution in [2.75, 3.05) is 9.80 Å². The van der Waals surface area contributed by atoms with E-state index in [1.54, 1.807) is 0 Å².